The van der Waals surface area contributed by atoms with E-state index in [0.29, 0.717) is 6.07 Å². The zero-order valence-corrected chi connectivity index (χ0v) is 18.3. The molecule has 0 spiro atoms. The Morgan fingerprint density at radius 3 is 2.79 bits per heavy atom. The monoisotopic (exact) mass is 507 g/mol. The van der Waals surface area contributed by atoms with Crippen LogP contribution in [0.5, 0.6) is 0 Å². The summed E-state index contributed by atoms with van der Waals surface area (Å²) in [7, 11) is -4.55. The van der Waals surface area contributed by atoms with Crippen molar-refractivity contribution in [1.29, 1.82) is 0 Å². The van der Waals surface area contributed by atoms with Crippen molar-refractivity contribution in [3.8, 4) is 12.3 Å². The number of amidine groups is 1. The fourth-order valence-electron chi connectivity index (χ4n) is 3.65. The van der Waals surface area contributed by atoms with Crippen molar-refractivity contribution in [2.45, 2.75) is 30.9 Å². The Hall–Kier alpha value is -2.98. The molecular weight excluding hydrogens is 488 g/mol. The predicted molar refractivity (Wildman–Crippen MR) is 111 cm³/mol. The first-order valence-electron chi connectivity index (χ1n) is 9.82. The number of alkyl halides is 3. The molecule has 3 rings (SSSR count). The van der Waals surface area contributed by atoms with Gasteiger partial charge in [0, 0.05) is 24.6 Å². The molecule has 2 aliphatic rings. The molecular formula is C21H19F6N3O3S. The fourth-order valence-corrected chi connectivity index (χ4v) is 4.40. The first-order valence-corrected chi connectivity index (χ1v) is 11.5. The summed E-state index contributed by atoms with van der Waals surface area (Å²) < 4.78 is 108. The summed E-state index contributed by atoms with van der Waals surface area (Å²) in [5.41, 5.74) is -0.285. The number of oxime groups is 1. The maximum absolute atomic E-state index is 14.6. The molecule has 0 amide bonds. The van der Waals surface area contributed by atoms with E-state index in [4.69, 9.17) is 11.3 Å². The van der Waals surface area contributed by atoms with Gasteiger partial charge in [-0.2, -0.15) is 0 Å². The predicted octanol–water partition coefficient (Wildman–Crippen LogP) is 3.49. The second kappa shape index (κ2) is 10.1. The van der Waals surface area contributed by atoms with Gasteiger partial charge in [0.1, 0.15) is 29.3 Å². The lowest BCUT2D eigenvalue weighted by Gasteiger charge is -2.18. The summed E-state index contributed by atoms with van der Waals surface area (Å²) in [6.45, 7) is -1.49. The number of halogens is 6. The smallest absolute Gasteiger partial charge is 0.282 e. The van der Waals surface area contributed by atoms with Gasteiger partial charge in [-0.25, -0.2) is 39.5 Å². The van der Waals surface area contributed by atoms with E-state index >= 15 is 0 Å². The number of benzene rings is 1. The van der Waals surface area contributed by atoms with Crippen LogP contribution in [0.3, 0.4) is 0 Å². The van der Waals surface area contributed by atoms with Crippen LogP contribution in [0.2, 0.25) is 0 Å². The molecule has 1 aromatic rings. The third-order valence-electron chi connectivity index (χ3n) is 5.13. The van der Waals surface area contributed by atoms with Crippen molar-refractivity contribution in [2.24, 2.45) is 5.16 Å². The van der Waals surface area contributed by atoms with E-state index in [1.54, 1.807) is 4.72 Å². The number of terminal acetylenes is 1. The quantitative estimate of drug-likeness (QED) is 0.349. The number of likely N-dealkylation sites (tertiary alicyclic amines) is 1. The summed E-state index contributed by atoms with van der Waals surface area (Å²) in [6, 6.07) is -2.28. The minimum atomic E-state index is -4.55. The highest BCUT2D eigenvalue weighted by Crippen LogP contribution is 2.37. The second-order valence-corrected chi connectivity index (χ2v) is 9.30. The molecule has 13 heteroatoms. The summed E-state index contributed by atoms with van der Waals surface area (Å²) >= 11 is 0. The van der Waals surface area contributed by atoms with E-state index in [1.165, 1.54) is 12.2 Å². The molecule has 0 aromatic heterocycles. The molecule has 1 unspecified atom stereocenters. The Balaban J connectivity index is 1.78. The number of nitrogens with one attached hydrogen (secondary N) is 1. The van der Waals surface area contributed by atoms with E-state index in [1.807, 2.05) is 0 Å². The van der Waals surface area contributed by atoms with Gasteiger partial charge in [-0.05, 0) is 23.8 Å². The molecule has 1 saturated heterocycles. The zero-order valence-electron chi connectivity index (χ0n) is 17.4. The van der Waals surface area contributed by atoms with Crippen LogP contribution in [0.15, 0.2) is 41.3 Å². The van der Waals surface area contributed by atoms with E-state index in [9.17, 15) is 34.8 Å². The lowest BCUT2D eigenvalue weighted by molar-refractivity contribution is -0.00133. The zero-order chi connectivity index (χ0) is 25.1. The van der Waals surface area contributed by atoms with Crippen LogP contribution >= 0.6 is 0 Å². The van der Waals surface area contributed by atoms with E-state index < -0.39 is 71.1 Å². The molecule has 1 fully saturated rings. The number of hydrogen-bond donors (Lipinski definition) is 1. The van der Waals surface area contributed by atoms with Crippen LogP contribution in [0.1, 0.15) is 23.7 Å². The topological polar surface area (TPSA) is 71.0 Å². The Morgan fingerprint density at radius 2 is 2.12 bits per heavy atom. The molecule has 2 aliphatic heterocycles. The Labute approximate surface area is 192 Å². The van der Waals surface area contributed by atoms with Gasteiger partial charge in [0.05, 0.1) is 13.0 Å². The summed E-state index contributed by atoms with van der Waals surface area (Å²) in [5, 5.41) is 3.69. The minimum absolute atomic E-state index is 0.0470. The van der Waals surface area contributed by atoms with Crippen LogP contribution in [-0.4, -0.2) is 50.2 Å². The van der Waals surface area contributed by atoms with Crippen molar-refractivity contribution in [2.75, 3.05) is 19.1 Å². The minimum Gasteiger partial charge on any atom is -0.386 e. The molecule has 2 atom stereocenters. The first kappa shape index (κ1) is 25.6. The van der Waals surface area contributed by atoms with Gasteiger partial charge in [-0.1, -0.05) is 17.2 Å². The molecule has 2 heterocycles. The average molecular weight is 507 g/mol. The van der Waals surface area contributed by atoms with E-state index in [-0.39, 0.29) is 23.4 Å². The van der Waals surface area contributed by atoms with Gasteiger partial charge < -0.3 is 9.74 Å². The number of rotatable bonds is 7. The Bertz CT molecular complexity index is 1180. The summed E-state index contributed by atoms with van der Waals surface area (Å²) in [4.78, 5) is 6.21. The highest BCUT2D eigenvalue weighted by molar-refractivity contribution is 7.89. The largest absolute Gasteiger partial charge is 0.386 e. The highest BCUT2D eigenvalue weighted by Gasteiger charge is 2.51. The maximum Gasteiger partial charge on any atom is 0.282 e. The van der Waals surface area contributed by atoms with Gasteiger partial charge >= 0.3 is 0 Å². The SMILES string of the molecule is C#C/C=C\C=C(\F)Cc1cc(F)cc(F)c1C1CC(N2C[C@@H](NS(=O)(=O)CF)C(F)(F)C2)=NO1. The third kappa shape index (κ3) is 5.92. The van der Waals surface area contributed by atoms with Crippen molar-refractivity contribution < 1.29 is 39.6 Å². The molecule has 184 valence electrons. The molecule has 0 bridgehead atoms. The molecule has 6 nitrogen and oxygen atoms in total. The number of allylic oxidation sites excluding steroid dienone is 4. The Morgan fingerprint density at radius 1 is 1.38 bits per heavy atom. The van der Waals surface area contributed by atoms with Crippen LogP contribution in [0.4, 0.5) is 26.3 Å². The standard InChI is InChI=1S/C21H19F6N3O3S/c1-2-3-4-5-14(23)6-13-7-15(24)8-16(25)20(13)17-9-19(28-33-17)30-10-18(21(26,27)11-30)29-34(31,32)12-22/h1,3-5,7-8,17-18,29H,6,9-12H2/b4-3-,14-5+/t17?,18-/m1/s1. The van der Waals surface area contributed by atoms with Crippen LogP contribution in [-0.2, 0) is 21.3 Å². The summed E-state index contributed by atoms with van der Waals surface area (Å²) in [6.07, 6.45) is 6.61. The van der Waals surface area contributed by atoms with Crippen LogP contribution < -0.4 is 4.72 Å². The molecule has 0 saturated carbocycles. The molecule has 34 heavy (non-hydrogen) atoms. The van der Waals surface area contributed by atoms with Crippen molar-refractivity contribution in [1.82, 2.24) is 9.62 Å². The molecule has 1 N–H and O–H groups in total. The number of nitrogens with zero attached hydrogens (tertiary/aromatic N) is 2. The molecule has 1 aromatic carbocycles. The lowest BCUT2D eigenvalue weighted by Crippen LogP contribution is -2.47. The fraction of sp³-hybridized carbons (Fsp3) is 0.381. The molecule has 0 radical (unpaired) electrons. The van der Waals surface area contributed by atoms with Gasteiger partial charge in [0.15, 0.2) is 6.10 Å². The maximum atomic E-state index is 14.6. The van der Waals surface area contributed by atoms with Crippen LogP contribution in [0.25, 0.3) is 0 Å². The average Bonchev–Trinajstić information content (AvgIpc) is 3.32. The Kier molecular flexibility index (Phi) is 7.62. The number of sulfonamides is 1. The normalized spacial score (nSPS) is 22.7. The number of hydrogen-bond acceptors (Lipinski definition) is 5. The van der Waals surface area contributed by atoms with Gasteiger partial charge in [0.25, 0.3) is 5.92 Å². The second-order valence-electron chi connectivity index (χ2n) is 7.62. The van der Waals surface area contributed by atoms with E-state index in [2.05, 4.69) is 11.1 Å². The van der Waals surface area contributed by atoms with Gasteiger partial charge in [0.2, 0.25) is 16.0 Å². The highest BCUT2D eigenvalue weighted by atomic mass is 32.2. The van der Waals surface area contributed by atoms with Crippen LogP contribution in [0, 0.1) is 24.0 Å². The first-order chi connectivity index (χ1) is 16.0. The van der Waals surface area contributed by atoms with E-state index in [0.717, 1.165) is 17.0 Å². The summed E-state index contributed by atoms with van der Waals surface area (Å²) in [5.74, 6) is -4.18. The van der Waals surface area contributed by atoms with Gasteiger partial charge in [-0.3, -0.25) is 0 Å². The van der Waals surface area contributed by atoms with Gasteiger partial charge in [-0.15, -0.1) is 6.42 Å². The third-order valence-corrected chi connectivity index (χ3v) is 6.06. The van der Waals surface area contributed by atoms with Crippen molar-refractivity contribution >= 4 is 15.9 Å². The van der Waals surface area contributed by atoms with Crippen molar-refractivity contribution in [3.63, 3.8) is 0 Å². The lowest BCUT2D eigenvalue weighted by atomic mass is 9.96. The van der Waals surface area contributed by atoms with Crippen molar-refractivity contribution in [3.05, 3.63) is 58.9 Å². The molecule has 0 aliphatic carbocycles.